The third-order valence-electron chi connectivity index (χ3n) is 3.54. The van der Waals surface area contributed by atoms with Crippen LogP contribution in [0.2, 0.25) is 0 Å². The van der Waals surface area contributed by atoms with Gasteiger partial charge < -0.3 is 10.1 Å². The van der Waals surface area contributed by atoms with Crippen molar-refractivity contribution in [3.63, 3.8) is 0 Å². The average molecular weight is 182 g/mol. The molecule has 1 saturated carbocycles. The molecule has 3 rings (SSSR count). The molecule has 2 heterocycles. The highest BCUT2D eigenvalue weighted by molar-refractivity contribution is 5.05. The topological polar surface area (TPSA) is 24.5 Å². The van der Waals surface area contributed by atoms with Crippen LogP contribution in [0.3, 0.4) is 0 Å². The van der Waals surface area contributed by atoms with Crippen LogP contribution < -0.4 is 5.32 Å². The van der Waals surface area contributed by atoms with E-state index in [2.05, 4.69) is 10.2 Å². The minimum Gasteiger partial charge on any atom is -0.374 e. The van der Waals surface area contributed by atoms with Crippen molar-refractivity contribution in [2.45, 2.75) is 18.9 Å². The standard InChI is InChI=1S/C10H18N2O/c1-2-10(1)7-12(8-10)6-9-5-11-3-4-13-9/h9,11H,1-8H2. The number of ether oxygens (including phenoxy) is 1. The largest absolute Gasteiger partial charge is 0.374 e. The third-order valence-corrected chi connectivity index (χ3v) is 3.54. The van der Waals surface area contributed by atoms with Gasteiger partial charge in [-0.25, -0.2) is 0 Å². The van der Waals surface area contributed by atoms with E-state index < -0.39 is 0 Å². The van der Waals surface area contributed by atoms with Gasteiger partial charge in [0.05, 0.1) is 12.7 Å². The first-order valence-corrected chi connectivity index (χ1v) is 5.41. The van der Waals surface area contributed by atoms with Gasteiger partial charge in [-0.05, 0) is 18.3 Å². The highest BCUT2D eigenvalue weighted by atomic mass is 16.5. The lowest BCUT2D eigenvalue weighted by molar-refractivity contribution is -0.0260. The van der Waals surface area contributed by atoms with Gasteiger partial charge in [-0.15, -0.1) is 0 Å². The van der Waals surface area contributed by atoms with Crippen molar-refractivity contribution in [1.29, 1.82) is 0 Å². The second-order valence-corrected chi connectivity index (χ2v) is 4.87. The van der Waals surface area contributed by atoms with Gasteiger partial charge in [-0.1, -0.05) is 0 Å². The molecular weight excluding hydrogens is 164 g/mol. The molecule has 0 bridgehead atoms. The van der Waals surface area contributed by atoms with Gasteiger partial charge >= 0.3 is 0 Å². The van der Waals surface area contributed by atoms with Crippen LogP contribution in [0, 0.1) is 5.41 Å². The number of rotatable bonds is 2. The Bertz CT molecular complexity index is 189. The van der Waals surface area contributed by atoms with Crippen molar-refractivity contribution >= 4 is 0 Å². The molecule has 1 spiro atoms. The summed E-state index contributed by atoms with van der Waals surface area (Å²) in [6.45, 7) is 6.79. The number of morpholine rings is 1. The Morgan fingerprint density at radius 2 is 2.23 bits per heavy atom. The third kappa shape index (κ3) is 1.60. The molecule has 3 aliphatic rings. The first-order valence-electron chi connectivity index (χ1n) is 5.41. The summed E-state index contributed by atoms with van der Waals surface area (Å²) in [7, 11) is 0. The Labute approximate surface area is 79.4 Å². The number of likely N-dealkylation sites (tertiary alicyclic amines) is 1. The van der Waals surface area contributed by atoms with Crippen molar-refractivity contribution in [2.24, 2.45) is 5.41 Å². The minimum atomic E-state index is 0.449. The van der Waals surface area contributed by atoms with Crippen molar-refractivity contribution in [1.82, 2.24) is 10.2 Å². The summed E-state index contributed by atoms with van der Waals surface area (Å²) in [5, 5.41) is 3.37. The van der Waals surface area contributed by atoms with Crippen LogP contribution in [0.15, 0.2) is 0 Å². The molecule has 1 unspecified atom stereocenters. The highest BCUT2D eigenvalue weighted by Crippen LogP contribution is 2.52. The maximum Gasteiger partial charge on any atom is 0.0826 e. The van der Waals surface area contributed by atoms with E-state index in [1.807, 2.05) is 0 Å². The van der Waals surface area contributed by atoms with E-state index in [1.54, 1.807) is 0 Å². The lowest BCUT2D eigenvalue weighted by Crippen LogP contribution is -2.54. The van der Waals surface area contributed by atoms with Crippen LogP contribution >= 0.6 is 0 Å². The molecule has 0 radical (unpaired) electrons. The lowest BCUT2D eigenvalue weighted by Gasteiger charge is -2.42. The van der Waals surface area contributed by atoms with Crippen LogP contribution in [0.5, 0.6) is 0 Å². The fourth-order valence-corrected chi connectivity index (χ4v) is 2.55. The van der Waals surface area contributed by atoms with E-state index in [9.17, 15) is 0 Å². The molecule has 0 aromatic heterocycles. The maximum atomic E-state index is 5.67. The summed E-state index contributed by atoms with van der Waals surface area (Å²) in [4.78, 5) is 2.55. The number of hydrogen-bond donors (Lipinski definition) is 1. The molecule has 0 amide bonds. The Morgan fingerprint density at radius 1 is 1.38 bits per heavy atom. The van der Waals surface area contributed by atoms with Crippen LogP contribution in [-0.2, 0) is 4.74 Å². The molecule has 74 valence electrons. The molecule has 0 aromatic rings. The minimum absolute atomic E-state index is 0.449. The molecule has 1 aliphatic carbocycles. The fraction of sp³-hybridized carbons (Fsp3) is 1.00. The second-order valence-electron chi connectivity index (χ2n) is 4.87. The summed E-state index contributed by atoms with van der Waals surface area (Å²) in [5.41, 5.74) is 0.794. The highest BCUT2D eigenvalue weighted by Gasteiger charge is 2.52. The molecule has 1 N–H and O–H groups in total. The Morgan fingerprint density at radius 3 is 2.85 bits per heavy atom. The molecule has 13 heavy (non-hydrogen) atoms. The number of nitrogens with one attached hydrogen (secondary N) is 1. The summed E-state index contributed by atoms with van der Waals surface area (Å²) in [5.74, 6) is 0. The zero-order chi connectivity index (χ0) is 8.73. The summed E-state index contributed by atoms with van der Waals surface area (Å²) in [6, 6.07) is 0. The zero-order valence-corrected chi connectivity index (χ0v) is 8.09. The van der Waals surface area contributed by atoms with Crippen LogP contribution in [0.4, 0.5) is 0 Å². The normalized spacial score (nSPS) is 37.4. The fourth-order valence-electron chi connectivity index (χ4n) is 2.55. The lowest BCUT2D eigenvalue weighted by atomic mass is 9.96. The Kier molecular flexibility index (Phi) is 1.86. The van der Waals surface area contributed by atoms with E-state index in [-0.39, 0.29) is 0 Å². The van der Waals surface area contributed by atoms with Gasteiger partial charge in [0.2, 0.25) is 0 Å². The quantitative estimate of drug-likeness (QED) is 0.654. The summed E-state index contributed by atoms with van der Waals surface area (Å²) >= 11 is 0. The number of hydrogen-bond acceptors (Lipinski definition) is 3. The van der Waals surface area contributed by atoms with E-state index in [0.29, 0.717) is 6.10 Å². The molecule has 3 nitrogen and oxygen atoms in total. The SMILES string of the molecule is C1COC(CN2CC3(CC3)C2)CN1. The van der Waals surface area contributed by atoms with E-state index in [1.165, 1.54) is 25.9 Å². The average Bonchev–Trinajstić information content (AvgIpc) is 2.86. The first-order chi connectivity index (χ1) is 6.36. The second kappa shape index (κ2) is 2.94. The summed E-state index contributed by atoms with van der Waals surface area (Å²) < 4.78 is 5.67. The monoisotopic (exact) mass is 182 g/mol. The molecule has 0 aromatic carbocycles. The van der Waals surface area contributed by atoms with Crippen LogP contribution in [0.25, 0.3) is 0 Å². The first kappa shape index (κ1) is 8.21. The van der Waals surface area contributed by atoms with Crippen molar-refractivity contribution in [3.05, 3.63) is 0 Å². The van der Waals surface area contributed by atoms with Crippen LogP contribution in [0.1, 0.15) is 12.8 Å². The van der Waals surface area contributed by atoms with Gasteiger partial charge in [0.15, 0.2) is 0 Å². The smallest absolute Gasteiger partial charge is 0.0826 e. The van der Waals surface area contributed by atoms with Gasteiger partial charge in [-0.3, -0.25) is 4.90 Å². The number of nitrogens with zero attached hydrogens (tertiary/aromatic N) is 1. The van der Waals surface area contributed by atoms with Gasteiger partial charge in [0.25, 0.3) is 0 Å². The zero-order valence-electron chi connectivity index (χ0n) is 8.09. The molecule has 3 fully saturated rings. The van der Waals surface area contributed by atoms with E-state index in [4.69, 9.17) is 4.74 Å². The molecule has 3 heteroatoms. The van der Waals surface area contributed by atoms with Crippen molar-refractivity contribution in [3.8, 4) is 0 Å². The van der Waals surface area contributed by atoms with Crippen LogP contribution in [-0.4, -0.2) is 50.3 Å². The molecular formula is C10H18N2O. The molecule has 1 atom stereocenters. The summed E-state index contributed by atoms with van der Waals surface area (Å²) in [6.07, 6.45) is 3.41. The maximum absolute atomic E-state index is 5.67. The van der Waals surface area contributed by atoms with Gasteiger partial charge in [0, 0.05) is 32.7 Å². The van der Waals surface area contributed by atoms with E-state index in [0.717, 1.165) is 31.7 Å². The Hall–Kier alpha value is -0.120. The molecule has 2 aliphatic heterocycles. The van der Waals surface area contributed by atoms with Gasteiger partial charge in [-0.2, -0.15) is 0 Å². The predicted molar refractivity (Wildman–Crippen MR) is 50.7 cm³/mol. The predicted octanol–water partition coefficient (Wildman–Crippen LogP) is 0.0706. The van der Waals surface area contributed by atoms with Crippen molar-refractivity contribution < 1.29 is 4.74 Å². The van der Waals surface area contributed by atoms with Crippen molar-refractivity contribution in [2.75, 3.05) is 39.3 Å². The van der Waals surface area contributed by atoms with E-state index >= 15 is 0 Å². The molecule has 2 saturated heterocycles. The van der Waals surface area contributed by atoms with Gasteiger partial charge in [0.1, 0.15) is 0 Å². The Balaban J connectivity index is 1.42.